The quantitative estimate of drug-likeness (QED) is 0.285. The lowest BCUT2D eigenvalue weighted by molar-refractivity contribution is -0.111. The number of anilines is 3. The highest BCUT2D eigenvalue weighted by atomic mass is 35.5. The van der Waals surface area contributed by atoms with E-state index in [0.717, 1.165) is 10.9 Å². The molecule has 0 unspecified atom stereocenters. The van der Waals surface area contributed by atoms with Gasteiger partial charge in [0.25, 0.3) is 0 Å². The van der Waals surface area contributed by atoms with Crippen LogP contribution in [-0.4, -0.2) is 30.1 Å². The number of carbonyl (C=O) groups excluding carboxylic acids is 1. The van der Waals surface area contributed by atoms with E-state index in [2.05, 4.69) is 27.2 Å². The van der Waals surface area contributed by atoms with Crippen LogP contribution in [0.2, 0.25) is 10.0 Å². The molecule has 4 aromatic rings. The molecule has 1 amide bonds. The molecule has 2 N–H and O–H groups in total. The number of para-hydroxylation sites is 2. The molecule has 4 rings (SSSR count). The largest absolute Gasteiger partial charge is 0.495 e. The summed E-state index contributed by atoms with van der Waals surface area (Å²) < 4.78 is 10.7. The Kier molecular flexibility index (Phi) is 6.86. The Bertz CT molecular complexity index is 1380. The smallest absolute Gasteiger partial charge is 0.247 e. The Labute approximate surface area is 206 Å². The van der Waals surface area contributed by atoms with Crippen molar-refractivity contribution in [1.29, 1.82) is 0 Å². The minimum atomic E-state index is -0.312. The molecule has 172 valence electrons. The van der Waals surface area contributed by atoms with Crippen LogP contribution in [0.1, 0.15) is 0 Å². The Morgan fingerprint density at radius 1 is 1.00 bits per heavy atom. The lowest BCUT2D eigenvalue weighted by Crippen LogP contribution is -2.09. The van der Waals surface area contributed by atoms with Crippen LogP contribution in [0.4, 0.5) is 17.3 Å². The third-order valence-corrected chi connectivity index (χ3v) is 5.81. The van der Waals surface area contributed by atoms with Gasteiger partial charge in [0, 0.05) is 23.2 Å². The van der Waals surface area contributed by atoms with Gasteiger partial charge < -0.3 is 20.1 Å². The van der Waals surface area contributed by atoms with Crippen molar-refractivity contribution in [2.45, 2.75) is 0 Å². The molecule has 0 atom stereocenters. The van der Waals surface area contributed by atoms with Gasteiger partial charge in [-0.1, -0.05) is 48.0 Å². The maximum Gasteiger partial charge on any atom is 0.247 e. The van der Waals surface area contributed by atoms with Gasteiger partial charge in [-0.3, -0.25) is 4.79 Å². The Morgan fingerprint density at radius 3 is 2.32 bits per heavy atom. The second kappa shape index (κ2) is 9.99. The zero-order valence-corrected chi connectivity index (χ0v) is 19.9. The topological polar surface area (TPSA) is 85.4 Å². The number of benzene rings is 3. The summed E-state index contributed by atoms with van der Waals surface area (Å²) in [6.07, 6.45) is 2.90. The molecule has 0 aliphatic heterocycles. The van der Waals surface area contributed by atoms with Gasteiger partial charge in [-0.05, 0) is 35.9 Å². The molecule has 0 radical (unpaired) electrons. The SMILES string of the molecule is C=CC(=O)Nc1ccccc1Nc1ncc2cc(-c3c(Cl)c(OC)cc(OC)c3Cl)ccc2n1. The summed E-state index contributed by atoms with van der Waals surface area (Å²) in [5, 5.41) is 7.44. The van der Waals surface area contributed by atoms with Crippen LogP contribution in [0, 0.1) is 0 Å². The third-order valence-electron chi connectivity index (χ3n) is 5.06. The van der Waals surface area contributed by atoms with Gasteiger partial charge in [0.1, 0.15) is 11.5 Å². The highest BCUT2D eigenvalue weighted by Gasteiger charge is 2.19. The summed E-state index contributed by atoms with van der Waals surface area (Å²) in [6, 6.07) is 14.5. The minimum absolute atomic E-state index is 0.312. The summed E-state index contributed by atoms with van der Waals surface area (Å²) in [4.78, 5) is 20.7. The number of hydrogen-bond donors (Lipinski definition) is 2. The van der Waals surface area contributed by atoms with Gasteiger partial charge in [0.2, 0.25) is 11.9 Å². The third kappa shape index (κ3) is 4.62. The van der Waals surface area contributed by atoms with Crippen LogP contribution in [0.15, 0.2) is 67.4 Å². The number of halogens is 2. The molecular weight excluding hydrogens is 475 g/mol. The number of nitrogens with zero attached hydrogens (tertiary/aromatic N) is 2. The molecule has 0 aliphatic rings. The lowest BCUT2D eigenvalue weighted by atomic mass is 10.0. The number of hydrogen-bond acceptors (Lipinski definition) is 6. The Balaban J connectivity index is 1.70. The standard InChI is InChI=1S/C25H20Cl2N4O3/c1-4-21(32)29-17-7-5-6-8-18(17)31-25-28-13-15-11-14(9-10-16(15)30-25)22-23(26)19(33-2)12-20(34-3)24(22)27/h4-13H,1H2,2-3H3,(H,29,32)(H,28,30,31). The van der Waals surface area contributed by atoms with Crippen molar-refractivity contribution in [2.75, 3.05) is 24.9 Å². The zero-order valence-electron chi connectivity index (χ0n) is 18.4. The van der Waals surface area contributed by atoms with Crippen LogP contribution < -0.4 is 20.1 Å². The summed E-state index contributed by atoms with van der Waals surface area (Å²) in [7, 11) is 3.06. The molecule has 0 fully saturated rings. The fourth-order valence-corrected chi connectivity index (χ4v) is 4.11. The van der Waals surface area contributed by atoms with Crippen molar-refractivity contribution < 1.29 is 14.3 Å². The summed E-state index contributed by atoms with van der Waals surface area (Å²) in [5.41, 5.74) is 3.30. The van der Waals surface area contributed by atoms with Crippen molar-refractivity contribution in [1.82, 2.24) is 9.97 Å². The number of aromatic nitrogens is 2. The van der Waals surface area contributed by atoms with E-state index in [9.17, 15) is 4.79 Å². The summed E-state index contributed by atoms with van der Waals surface area (Å²) >= 11 is 13.1. The predicted octanol–water partition coefficient (Wildman–Crippen LogP) is 6.49. The number of rotatable bonds is 7. The number of methoxy groups -OCH3 is 2. The number of ether oxygens (including phenoxy) is 2. The molecule has 1 aromatic heterocycles. The van der Waals surface area contributed by atoms with E-state index >= 15 is 0 Å². The van der Waals surface area contributed by atoms with E-state index in [-0.39, 0.29) is 5.91 Å². The van der Waals surface area contributed by atoms with E-state index in [1.165, 1.54) is 20.3 Å². The second-order valence-corrected chi connectivity index (χ2v) is 7.87. The molecule has 0 bridgehead atoms. The Hall–Kier alpha value is -3.81. The normalized spacial score (nSPS) is 10.6. The number of carbonyl (C=O) groups is 1. The van der Waals surface area contributed by atoms with Gasteiger partial charge in [-0.15, -0.1) is 0 Å². The summed E-state index contributed by atoms with van der Waals surface area (Å²) in [6.45, 7) is 3.48. The average molecular weight is 495 g/mol. The van der Waals surface area contributed by atoms with Crippen molar-refractivity contribution in [3.05, 3.63) is 77.4 Å². The molecule has 0 saturated carbocycles. The molecular formula is C25H20Cl2N4O3. The van der Waals surface area contributed by atoms with Crippen LogP contribution in [-0.2, 0) is 4.79 Å². The average Bonchev–Trinajstić information content (AvgIpc) is 2.85. The molecule has 0 saturated heterocycles. The molecule has 1 heterocycles. The maximum absolute atomic E-state index is 11.7. The van der Waals surface area contributed by atoms with Gasteiger partial charge in [-0.2, -0.15) is 0 Å². The molecule has 9 heteroatoms. The van der Waals surface area contributed by atoms with Gasteiger partial charge in [0.05, 0.1) is 41.2 Å². The van der Waals surface area contributed by atoms with Crippen LogP contribution in [0.25, 0.3) is 22.0 Å². The fraction of sp³-hybridized carbons (Fsp3) is 0.0800. The molecule has 3 aromatic carbocycles. The first-order valence-corrected chi connectivity index (χ1v) is 10.9. The van der Waals surface area contributed by atoms with E-state index < -0.39 is 0 Å². The van der Waals surface area contributed by atoms with Crippen molar-refractivity contribution in [3.63, 3.8) is 0 Å². The summed E-state index contributed by atoms with van der Waals surface area (Å²) in [5.74, 6) is 0.972. The Morgan fingerprint density at radius 2 is 1.68 bits per heavy atom. The van der Waals surface area contributed by atoms with Gasteiger partial charge in [0.15, 0.2) is 0 Å². The molecule has 34 heavy (non-hydrogen) atoms. The van der Waals surface area contributed by atoms with Gasteiger partial charge in [-0.25, -0.2) is 9.97 Å². The first-order valence-electron chi connectivity index (χ1n) is 10.1. The lowest BCUT2D eigenvalue weighted by Gasteiger charge is -2.15. The van der Waals surface area contributed by atoms with E-state index in [0.29, 0.717) is 49.9 Å². The first-order chi connectivity index (χ1) is 16.4. The number of amides is 1. The second-order valence-electron chi connectivity index (χ2n) is 7.12. The van der Waals surface area contributed by atoms with E-state index in [4.69, 9.17) is 32.7 Å². The van der Waals surface area contributed by atoms with E-state index in [1.807, 2.05) is 36.4 Å². The van der Waals surface area contributed by atoms with Crippen LogP contribution in [0.5, 0.6) is 11.5 Å². The highest BCUT2D eigenvalue weighted by Crippen LogP contribution is 2.46. The first kappa shape index (κ1) is 23.4. The molecule has 0 aliphatic carbocycles. The van der Waals surface area contributed by atoms with Crippen molar-refractivity contribution in [2.24, 2.45) is 0 Å². The fourth-order valence-electron chi connectivity index (χ4n) is 3.39. The van der Waals surface area contributed by atoms with Crippen LogP contribution in [0.3, 0.4) is 0 Å². The minimum Gasteiger partial charge on any atom is -0.495 e. The van der Waals surface area contributed by atoms with Crippen molar-refractivity contribution in [3.8, 4) is 22.6 Å². The monoisotopic (exact) mass is 494 g/mol. The van der Waals surface area contributed by atoms with Crippen molar-refractivity contribution >= 4 is 57.3 Å². The maximum atomic E-state index is 11.7. The number of nitrogens with one attached hydrogen (secondary N) is 2. The highest BCUT2D eigenvalue weighted by molar-refractivity contribution is 6.41. The predicted molar refractivity (Wildman–Crippen MR) is 137 cm³/mol. The van der Waals surface area contributed by atoms with Gasteiger partial charge >= 0.3 is 0 Å². The molecule has 7 nitrogen and oxygen atoms in total. The van der Waals surface area contributed by atoms with Crippen LogP contribution >= 0.6 is 23.2 Å². The number of fused-ring (bicyclic) bond motifs is 1. The molecule has 0 spiro atoms. The zero-order chi connectivity index (χ0) is 24.2. The van der Waals surface area contributed by atoms with E-state index in [1.54, 1.807) is 18.3 Å².